The molecule has 1 heteroatoms. The lowest BCUT2D eigenvalue weighted by atomic mass is 10.5. The minimum atomic E-state index is 0.884. The van der Waals surface area contributed by atoms with Gasteiger partial charge in [0.1, 0.15) is 0 Å². The second-order valence-electron chi connectivity index (χ2n) is 1.51. The van der Waals surface area contributed by atoms with E-state index in [0.717, 1.165) is 4.51 Å². The van der Waals surface area contributed by atoms with Gasteiger partial charge >= 0.3 is 0 Å². The third-order valence-corrected chi connectivity index (χ3v) is 1.13. The molecule has 40 valence electrons. The van der Waals surface area contributed by atoms with Gasteiger partial charge in [-0.15, -0.1) is 0 Å². The van der Waals surface area contributed by atoms with E-state index >= 15 is 0 Å². The first-order valence-corrected chi connectivity index (χ1v) is 2.86. The minimum Gasteiger partial charge on any atom is -0.0801 e. The van der Waals surface area contributed by atoms with Crippen molar-refractivity contribution >= 4 is 12.2 Å². The van der Waals surface area contributed by atoms with E-state index in [4.69, 9.17) is 12.2 Å². The van der Waals surface area contributed by atoms with E-state index in [9.17, 15) is 0 Å². The van der Waals surface area contributed by atoms with Crippen molar-refractivity contribution in [2.24, 2.45) is 0 Å². The standard InChI is InChI=1S/C7H6S/c8-7-5-3-1-2-4-6-7/h1-6H. The highest BCUT2D eigenvalue weighted by Crippen LogP contribution is 1.86. The van der Waals surface area contributed by atoms with Crippen LogP contribution in [0.1, 0.15) is 0 Å². The van der Waals surface area contributed by atoms with Crippen LogP contribution in [0.15, 0.2) is 36.4 Å². The molecule has 0 aliphatic heterocycles. The molecular formula is C7H6S. The summed E-state index contributed by atoms with van der Waals surface area (Å²) in [6, 6.07) is 11.6. The fourth-order valence-electron chi connectivity index (χ4n) is 0.485. The topological polar surface area (TPSA) is 0 Å². The van der Waals surface area contributed by atoms with Crippen LogP contribution in [0.4, 0.5) is 0 Å². The maximum absolute atomic E-state index is 4.88. The fourth-order valence-corrected chi connectivity index (χ4v) is 0.642. The second-order valence-corrected chi connectivity index (χ2v) is 1.98. The summed E-state index contributed by atoms with van der Waals surface area (Å²) in [5.41, 5.74) is 0. The van der Waals surface area contributed by atoms with Crippen molar-refractivity contribution in [1.82, 2.24) is 0 Å². The Hall–Kier alpha value is -0.690. The Kier molecular flexibility index (Phi) is 1.75. The molecule has 0 atom stereocenters. The summed E-state index contributed by atoms with van der Waals surface area (Å²) in [7, 11) is 0. The van der Waals surface area contributed by atoms with E-state index in [-0.39, 0.29) is 0 Å². The van der Waals surface area contributed by atoms with Crippen molar-refractivity contribution in [2.45, 2.75) is 0 Å². The molecule has 0 aliphatic carbocycles. The molecule has 0 heterocycles. The van der Waals surface area contributed by atoms with Crippen molar-refractivity contribution in [3.8, 4) is 0 Å². The maximum Gasteiger partial charge on any atom is 0.0377 e. The van der Waals surface area contributed by atoms with E-state index in [1.165, 1.54) is 0 Å². The molecule has 0 bridgehead atoms. The SMILES string of the molecule is S=c1cccccc1. The van der Waals surface area contributed by atoms with Gasteiger partial charge in [0.25, 0.3) is 0 Å². The van der Waals surface area contributed by atoms with Gasteiger partial charge in [-0.2, -0.15) is 0 Å². The summed E-state index contributed by atoms with van der Waals surface area (Å²) in [5, 5.41) is 0. The van der Waals surface area contributed by atoms with Crippen LogP contribution in [0.2, 0.25) is 0 Å². The second kappa shape index (κ2) is 2.58. The lowest BCUT2D eigenvalue weighted by molar-refractivity contribution is 1.82. The smallest absolute Gasteiger partial charge is 0.0377 e. The van der Waals surface area contributed by atoms with E-state index in [1.807, 2.05) is 36.4 Å². The molecule has 0 nitrogen and oxygen atoms in total. The first-order chi connectivity index (χ1) is 3.89. The summed E-state index contributed by atoms with van der Waals surface area (Å²) in [5.74, 6) is 0. The molecule has 0 aromatic heterocycles. The molecule has 0 N–H and O–H groups in total. The largest absolute Gasteiger partial charge is 0.0801 e. The molecule has 1 rings (SSSR count). The highest BCUT2D eigenvalue weighted by Gasteiger charge is 1.66. The number of hydrogen-bond acceptors (Lipinski definition) is 1. The first-order valence-electron chi connectivity index (χ1n) is 2.45. The van der Waals surface area contributed by atoms with Gasteiger partial charge in [-0.25, -0.2) is 0 Å². The molecule has 0 spiro atoms. The van der Waals surface area contributed by atoms with Crippen LogP contribution in [0, 0.1) is 4.51 Å². The van der Waals surface area contributed by atoms with Gasteiger partial charge in [0, 0.05) is 4.51 Å². The zero-order valence-corrected chi connectivity index (χ0v) is 5.19. The van der Waals surface area contributed by atoms with Crippen LogP contribution in [0.25, 0.3) is 0 Å². The maximum atomic E-state index is 4.88. The van der Waals surface area contributed by atoms with Crippen LogP contribution in [-0.2, 0) is 0 Å². The fraction of sp³-hybridized carbons (Fsp3) is 0. The van der Waals surface area contributed by atoms with Gasteiger partial charge in [0.2, 0.25) is 0 Å². The van der Waals surface area contributed by atoms with E-state index in [2.05, 4.69) is 0 Å². The quantitative estimate of drug-likeness (QED) is 0.476. The van der Waals surface area contributed by atoms with E-state index < -0.39 is 0 Å². The highest BCUT2D eigenvalue weighted by molar-refractivity contribution is 7.71. The Morgan fingerprint density at radius 1 is 0.875 bits per heavy atom. The molecule has 0 fully saturated rings. The Morgan fingerprint density at radius 2 is 1.38 bits per heavy atom. The van der Waals surface area contributed by atoms with Gasteiger partial charge in [-0.05, 0) is 12.1 Å². The third-order valence-electron chi connectivity index (χ3n) is 0.854. The summed E-state index contributed by atoms with van der Waals surface area (Å²) >= 11 is 4.88. The van der Waals surface area contributed by atoms with Gasteiger partial charge in [0.15, 0.2) is 0 Å². The van der Waals surface area contributed by atoms with Crippen LogP contribution in [0.3, 0.4) is 0 Å². The molecule has 0 saturated heterocycles. The van der Waals surface area contributed by atoms with Crippen molar-refractivity contribution < 1.29 is 0 Å². The molecule has 0 unspecified atom stereocenters. The van der Waals surface area contributed by atoms with Gasteiger partial charge in [-0.3, -0.25) is 0 Å². The van der Waals surface area contributed by atoms with E-state index in [0.29, 0.717) is 0 Å². The average molecular weight is 122 g/mol. The zero-order valence-electron chi connectivity index (χ0n) is 4.37. The van der Waals surface area contributed by atoms with Gasteiger partial charge in [0.05, 0.1) is 0 Å². The minimum absolute atomic E-state index is 0.884. The summed E-state index contributed by atoms with van der Waals surface area (Å²) < 4.78 is 0.884. The molecule has 0 saturated carbocycles. The molecule has 1 aromatic rings. The van der Waals surface area contributed by atoms with Crippen LogP contribution < -0.4 is 0 Å². The third kappa shape index (κ3) is 1.43. The predicted octanol–water partition coefficient (Wildman–Crippen LogP) is 2.42. The Balaban J connectivity index is 3.32. The predicted molar refractivity (Wildman–Crippen MR) is 37.3 cm³/mol. The highest BCUT2D eigenvalue weighted by atomic mass is 32.1. The molecule has 8 heavy (non-hydrogen) atoms. The number of hydrogen-bond donors (Lipinski definition) is 0. The zero-order chi connectivity index (χ0) is 5.82. The first kappa shape index (κ1) is 5.45. The normalized spacial score (nSPS) is 8.50. The molecule has 1 aromatic carbocycles. The van der Waals surface area contributed by atoms with E-state index in [1.54, 1.807) is 0 Å². The monoisotopic (exact) mass is 122 g/mol. The molecular weight excluding hydrogens is 116 g/mol. The summed E-state index contributed by atoms with van der Waals surface area (Å²) in [6.07, 6.45) is 0. The average Bonchev–Trinajstić information content (AvgIpc) is 1.94. The Labute approximate surface area is 53.8 Å². The van der Waals surface area contributed by atoms with Crippen molar-refractivity contribution in [3.63, 3.8) is 0 Å². The van der Waals surface area contributed by atoms with Gasteiger partial charge < -0.3 is 0 Å². The Morgan fingerprint density at radius 3 is 1.88 bits per heavy atom. The Bertz CT molecular complexity index is 195. The lowest BCUT2D eigenvalue weighted by Crippen LogP contribution is -1.42. The van der Waals surface area contributed by atoms with Crippen molar-refractivity contribution in [2.75, 3.05) is 0 Å². The lowest BCUT2D eigenvalue weighted by Gasteiger charge is -1.60. The summed E-state index contributed by atoms with van der Waals surface area (Å²) in [6.45, 7) is 0. The molecule has 0 radical (unpaired) electrons. The van der Waals surface area contributed by atoms with Crippen LogP contribution in [-0.4, -0.2) is 0 Å². The molecule has 0 aliphatic rings. The number of rotatable bonds is 0. The van der Waals surface area contributed by atoms with Gasteiger partial charge in [-0.1, -0.05) is 36.5 Å². The van der Waals surface area contributed by atoms with Crippen molar-refractivity contribution in [3.05, 3.63) is 40.9 Å². The van der Waals surface area contributed by atoms with Crippen molar-refractivity contribution in [1.29, 1.82) is 0 Å². The van der Waals surface area contributed by atoms with Crippen LogP contribution >= 0.6 is 12.2 Å². The molecule has 0 amide bonds. The summed E-state index contributed by atoms with van der Waals surface area (Å²) in [4.78, 5) is 0. The van der Waals surface area contributed by atoms with Crippen LogP contribution in [0.5, 0.6) is 0 Å².